The number of aromatic nitrogens is 3. The van der Waals surface area contributed by atoms with Gasteiger partial charge in [0, 0.05) is 36.6 Å². The van der Waals surface area contributed by atoms with Crippen LogP contribution in [0.1, 0.15) is 34.6 Å². The Morgan fingerprint density at radius 1 is 1.18 bits per heavy atom. The highest BCUT2D eigenvalue weighted by atomic mass is 32.2. The third kappa shape index (κ3) is 4.87. The number of rotatable bonds is 6. The molecule has 3 N–H and O–H groups in total. The van der Waals surface area contributed by atoms with E-state index in [9.17, 15) is 13.2 Å². The smallest absolute Gasteiger partial charge is 0.275 e. The van der Waals surface area contributed by atoms with Crippen LogP contribution >= 0.6 is 11.3 Å². The van der Waals surface area contributed by atoms with E-state index in [4.69, 9.17) is 0 Å². The predicted octanol–water partition coefficient (Wildman–Crippen LogP) is 2.16. The molecule has 12 heteroatoms. The zero-order valence-corrected chi connectivity index (χ0v) is 19.7. The van der Waals surface area contributed by atoms with Crippen molar-refractivity contribution in [1.82, 2.24) is 19.9 Å². The van der Waals surface area contributed by atoms with Gasteiger partial charge in [-0.15, -0.1) is 11.3 Å². The highest BCUT2D eigenvalue weighted by Gasteiger charge is 2.26. The van der Waals surface area contributed by atoms with E-state index in [1.807, 2.05) is 30.5 Å². The number of fused-ring (bicyclic) bond motifs is 1. The first-order chi connectivity index (χ1) is 15.9. The Bertz CT molecular complexity index is 1240. The molecule has 0 bridgehead atoms. The van der Waals surface area contributed by atoms with Gasteiger partial charge in [-0.25, -0.2) is 18.1 Å². The SMILES string of the molecule is CS(=O)(=O)NC1CCN(c2ccccc2NC(=O)c2csc(N3Cc4cn[nH]c4C3)n2)CC1. The topological polar surface area (TPSA) is 123 Å². The molecule has 0 unspecified atom stereocenters. The largest absolute Gasteiger partial charge is 0.370 e. The van der Waals surface area contributed by atoms with Crippen molar-refractivity contribution in [3.63, 3.8) is 0 Å². The third-order valence-corrected chi connectivity index (χ3v) is 7.54. The van der Waals surface area contributed by atoms with Gasteiger partial charge in [-0.05, 0) is 25.0 Å². The number of nitrogens with one attached hydrogen (secondary N) is 3. The van der Waals surface area contributed by atoms with Gasteiger partial charge < -0.3 is 15.1 Å². The summed E-state index contributed by atoms with van der Waals surface area (Å²) in [5.74, 6) is -0.252. The highest BCUT2D eigenvalue weighted by molar-refractivity contribution is 7.88. The van der Waals surface area contributed by atoms with Gasteiger partial charge in [0.25, 0.3) is 5.91 Å². The summed E-state index contributed by atoms with van der Waals surface area (Å²) in [5.41, 5.74) is 4.26. The molecule has 10 nitrogen and oxygen atoms in total. The number of nitrogens with zero attached hydrogens (tertiary/aromatic N) is 4. The number of benzene rings is 1. The van der Waals surface area contributed by atoms with E-state index in [-0.39, 0.29) is 11.9 Å². The summed E-state index contributed by atoms with van der Waals surface area (Å²) in [7, 11) is -3.22. The molecule has 2 aliphatic heterocycles. The van der Waals surface area contributed by atoms with Crippen molar-refractivity contribution >= 4 is 43.8 Å². The van der Waals surface area contributed by atoms with Crippen molar-refractivity contribution in [2.45, 2.75) is 32.0 Å². The van der Waals surface area contributed by atoms with Crippen LogP contribution in [0.25, 0.3) is 0 Å². The maximum Gasteiger partial charge on any atom is 0.275 e. The van der Waals surface area contributed by atoms with Gasteiger partial charge in [0.05, 0.1) is 36.1 Å². The number of thiazole rings is 1. The molecule has 0 aliphatic carbocycles. The zero-order chi connectivity index (χ0) is 23.0. The average molecular weight is 488 g/mol. The van der Waals surface area contributed by atoms with Crippen molar-refractivity contribution in [3.8, 4) is 0 Å². The second-order valence-electron chi connectivity index (χ2n) is 8.37. The van der Waals surface area contributed by atoms with E-state index in [2.05, 4.69) is 35.0 Å². The number of carbonyl (C=O) groups is 1. The Morgan fingerprint density at radius 2 is 1.97 bits per heavy atom. The summed E-state index contributed by atoms with van der Waals surface area (Å²) in [5, 5.41) is 12.6. The van der Waals surface area contributed by atoms with Crippen LogP contribution in [-0.2, 0) is 23.1 Å². The molecule has 4 heterocycles. The van der Waals surface area contributed by atoms with Crippen molar-refractivity contribution in [1.29, 1.82) is 0 Å². The quantitative estimate of drug-likeness (QED) is 0.487. The summed E-state index contributed by atoms with van der Waals surface area (Å²) in [6.07, 6.45) is 4.43. The Morgan fingerprint density at radius 3 is 2.73 bits per heavy atom. The van der Waals surface area contributed by atoms with Crippen LogP contribution in [-0.4, -0.2) is 54.9 Å². The number of hydrogen-bond donors (Lipinski definition) is 3. The molecule has 33 heavy (non-hydrogen) atoms. The zero-order valence-electron chi connectivity index (χ0n) is 18.1. The molecule has 2 aliphatic rings. The molecule has 2 aromatic heterocycles. The molecule has 174 valence electrons. The number of H-pyrrole nitrogens is 1. The number of para-hydroxylation sites is 2. The number of anilines is 3. The van der Waals surface area contributed by atoms with Crippen LogP contribution in [0.4, 0.5) is 16.5 Å². The summed E-state index contributed by atoms with van der Waals surface area (Å²) >= 11 is 1.45. The minimum atomic E-state index is -3.22. The fraction of sp³-hybridized carbons (Fsp3) is 0.381. The molecule has 3 aromatic rings. The first kappa shape index (κ1) is 21.9. The fourth-order valence-electron chi connectivity index (χ4n) is 4.29. The summed E-state index contributed by atoms with van der Waals surface area (Å²) < 4.78 is 25.7. The Hall–Kier alpha value is -2.96. The van der Waals surface area contributed by atoms with Crippen LogP contribution in [0.2, 0.25) is 0 Å². The predicted molar refractivity (Wildman–Crippen MR) is 128 cm³/mol. The molecular weight excluding hydrogens is 462 g/mol. The molecule has 0 atom stereocenters. The molecule has 1 saturated heterocycles. The fourth-order valence-corrected chi connectivity index (χ4v) is 5.94. The van der Waals surface area contributed by atoms with Crippen molar-refractivity contribution < 1.29 is 13.2 Å². The molecule has 0 saturated carbocycles. The average Bonchev–Trinajstić information content (AvgIpc) is 3.50. The van der Waals surface area contributed by atoms with Gasteiger partial charge in [0.1, 0.15) is 5.69 Å². The molecule has 0 radical (unpaired) electrons. The molecular formula is C21H25N7O3S2. The van der Waals surface area contributed by atoms with Gasteiger partial charge >= 0.3 is 0 Å². The number of amides is 1. The van der Waals surface area contributed by atoms with E-state index in [0.717, 1.165) is 28.6 Å². The highest BCUT2D eigenvalue weighted by Crippen LogP contribution is 2.31. The monoisotopic (exact) mass is 487 g/mol. The van der Waals surface area contributed by atoms with Crippen LogP contribution < -0.4 is 19.8 Å². The first-order valence-electron chi connectivity index (χ1n) is 10.7. The lowest BCUT2D eigenvalue weighted by Crippen LogP contribution is -2.44. The standard InChI is InChI=1S/C21H25N7O3S2/c1-33(30,31)26-15-6-8-27(9-7-15)19-5-3-2-4-16(19)23-20(29)18-13-32-21(24-18)28-11-14-10-22-25-17(14)12-28/h2-5,10,13,15,26H,6-9,11-12H2,1H3,(H,22,25)(H,23,29). The molecule has 1 fully saturated rings. The minimum absolute atomic E-state index is 0.0608. The van der Waals surface area contributed by atoms with Gasteiger partial charge in [0.15, 0.2) is 5.13 Å². The summed E-state index contributed by atoms with van der Waals surface area (Å²) in [6, 6.07) is 7.60. The lowest BCUT2D eigenvalue weighted by Gasteiger charge is -2.34. The van der Waals surface area contributed by atoms with Crippen LogP contribution in [0.5, 0.6) is 0 Å². The first-order valence-corrected chi connectivity index (χ1v) is 13.5. The van der Waals surface area contributed by atoms with E-state index < -0.39 is 10.0 Å². The Balaban J connectivity index is 1.24. The maximum absolute atomic E-state index is 13.0. The van der Waals surface area contributed by atoms with Gasteiger partial charge in [0.2, 0.25) is 10.0 Å². The van der Waals surface area contributed by atoms with E-state index in [0.29, 0.717) is 43.9 Å². The number of hydrogen-bond acceptors (Lipinski definition) is 8. The maximum atomic E-state index is 13.0. The minimum Gasteiger partial charge on any atom is -0.370 e. The lowest BCUT2D eigenvalue weighted by molar-refractivity contribution is 0.102. The van der Waals surface area contributed by atoms with Crippen molar-refractivity contribution in [3.05, 3.63) is 52.8 Å². The molecule has 1 amide bonds. The van der Waals surface area contributed by atoms with Crippen LogP contribution in [0, 0.1) is 0 Å². The van der Waals surface area contributed by atoms with Crippen LogP contribution in [0.15, 0.2) is 35.8 Å². The normalized spacial score (nSPS) is 16.8. The summed E-state index contributed by atoms with van der Waals surface area (Å²) in [4.78, 5) is 21.8. The molecule has 5 rings (SSSR count). The van der Waals surface area contributed by atoms with E-state index >= 15 is 0 Å². The Kier molecular flexibility index (Phi) is 5.81. The van der Waals surface area contributed by atoms with Gasteiger partial charge in [-0.1, -0.05) is 12.1 Å². The van der Waals surface area contributed by atoms with E-state index in [1.165, 1.54) is 17.6 Å². The van der Waals surface area contributed by atoms with E-state index in [1.54, 1.807) is 5.38 Å². The second-order valence-corrected chi connectivity index (χ2v) is 11.0. The lowest BCUT2D eigenvalue weighted by atomic mass is 10.0. The summed E-state index contributed by atoms with van der Waals surface area (Å²) in [6.45, 7) is 2.83. The van der Waals surface area contributed by atoms with Gasteiger partial charge in [-0.2, -0.15) is 5.10 Å². The van der Waals surface area contributed by atoms with Crippen LogP contribution in [0.3, 0.4) is 0 Å². The van der Waals surface area contributed by atoms with Crippen molar-refractivity contribution in [2.24, 2.45) is 0 Å². The Labute approximate surface area is 196 Å². The molecule has 1 aromatic carbocycles. The molecule has 0 spiro atoms. The van der Waals surface area contributed by atoms with Gasteiger partial charge in [-0.3, -0.25) is 9.89 Å². The number of piperidine rings is 1. The number of aromatic amines is 1. The number of sulfonamides is 1. The third-order valence-electron chi connectivity index (χ3n) is 5.88. The number of carbonyl (C=O) groups excluding carboxylic acids is 1. The van der Waals surface area contributed by atoms with Crippen molar-refractivity contribution in [2.75, 3.05) is 34.5 Å². The second kappa shape index (κ2) is 8.76.